The Morgan fingerprint density at radius 1 is 1.30 bits per heavy atom. The van der Waals surface area contributed by atoms with Crippen molar-refractivity contribution in [2.45, 2.75) is 6.92 Å². The number of aromatic nitrogens is 2. The summed E-state index contributed by atoms with van der Waals surface area (Å²) in [5, 5.41) is 0. The van der Waals surface area contributed by atoms with Gasteiger partial charge in [-0.05, 0) is 6.92 Å². The number of anilines is 2. The molecule has 0 N–H and O–H groups in total. The van der Waals surface area contributed by atoms with Crippen LogP contribution in [-0.2, 0) is 0 Å². The summed E-state index contributed by atoms with van der Waals surface area (Å²) in [4.78, 5) is 15.8. The summed E-state index contributed by atoms with van der Waals surface area (Å²) in [7, 11) is 3.94. The third-order valence-electron chi connectivity index (χ3n) is 3.32. The highest BCUT2D eigenvalue weighted by atomic mass is 79.9. The Hall–Kier alpha value is -1.14. The van der Waals surface area contributed by atoms with Crippen molar-refractivity contribution in [3.8, 4) is 0 Å². The molecule has 1 aromatic heterocycles. The van der Waals surface area contributed by atoms with Crippen molar-refractivity contribution in [1.29, 1.82) is 0 Å². The molecule has 1 aliphatic rings. The third-order valence-corrected chi connectivity index (χ3v) is 3.57. The van der Waals surface area contributed by atoms with E-state index in [0.717, 1.165) is 54.7 Å². The molecule has 1 fully saturated rings. The normalized spacial score (nSPS) is 16.3. The molecule has 0 saturated carbocycles. The van der Waals surface area contributed by atoms with Gasteiger partial charge in [-0.25, -0.2) is 4.98 Å². The van der Waals surface area contributed by atoms with E-state index in [-0.39, 0.29) is 0 Å². The molecule has 0 spiro atoms. The predicted molar refractivity (Wildman–Crippen MR) is 87.8 cm³/mol. The largest absolute Gasteiger partial charge is 0.354 e. The number of hydrogen-bond donors (Lipinski definition) is 0. The second kappa shape index (κ2) is 6.54. The summed E-state index contributed by atoms with van der Waals surface area (Å²) in [6, 6.07) is 2.06. The minimum atomic E-state index is 0.774. The van der Waals surface area contributed by atoms with Gasteiger partial charge in [0.25, 0.3) is 0 Å². The first kappa shape index (κ1) is 15.3. The number of aryl methyl sites for hydroxylation is 1. The van der Waals surface area contributed by atoms with Gasteiger partial charge in [-0.15, -0.1) is 0 Å². The van der Waals surface area contributed by atoms with Crippen LogP contribution in [0.2, 0.25) is 0 Å². The fourth-order valence-electron chi connectivity index (χ4n) is 2.28. The lowest BCUT2D eigenvalue weighted by Gasteiger charge is -2.35. The van der Waals surface area contributed by atoms with E-state index >= 15 is 0 Å². The number of hydrogen-bond acceptors (Lipinski definition) is 5. The first-order valence-corrected chi connectivity index (χ1v) is 7.58. The fourth-order valence-corrected chi connectivity index (χ4v) is 2.63. The lowest BCUT2D eigenvalue weighted by Crippen LogP contribution is -2.47. The van der Waals surface area contributed by atoms with Crippen molar-refractivity contribution in [3.63, 3.8) is 0 Å². The summed E-state index contributed by atoms with van der Waals surface area (Å²) >= 11 is 3.43. The van der Waals surface area contributed by atoms with Crippen LogP contribution in [0.5, 0.6) is 0 Å². The SMILES string of the molecule is C=C(Br)CN1CCN(c2cc(C)nc(N(C)C)n2)CC1. The molecule has 2 heterocycles. The smallest absolute Gasteiger partial charge is 0.226 e. The molecule has 6 heteroatoms. The molecule has 1 aromatic rings. The molecule has 0 amide bonds. The summed E-state index contributed by atoms with van der Waals surface area (Å²) in [6.45, 7) is 10.9. The molecule has 0 radical (unpaired) electrons. The highest BCUT2D eigenvalue weighted by molar-refractivity contribution is 9.11. The molecular formula is C14H22BrN5. The predicted octanol–water partition coefficient (Wildman–Crippen LogP) is 1.88. The maximum atomic E-state index is 4.64. The van der Waals surface area contributed by atoms with Crippen molar-refractivity contribution in [3.05, 3.63) is 22.8 Å². The van der Waals surface area contributed by atoms with E-state index in [0.29, 0.717) is 0 Å². The summed E-state index contributed by atoms with van der Waals surface area (Å²) in [6.07, 6.45) is 0. The minimum absolute atomic E-state index is 0.774. The Labute approximate surface area is 129 Å². The van der Waals surface area contributed by atoms with E-state index in [1.165, 1.54) is 0 Å². The molecule has 0 aromatic carbocycles. The van der Waals surface area contributed by atoms with Crippen LogP contribution < -0.4 is 9.80 Å². The standard InChI is InChI=1S/C14H22BrN5/c1-11(15)10-19-5-7-20(8-6-19)13-9-12(2)16-14(17-13)18(3)4/h9H,1,5-8,10H2,2-4H3. The van der Waals surface area contributed by atoms with Crippen molar-refractivity contribution in [1.82, 2.24) is 14.9 Å². The molecule has 1 saturated heterocycles. The molecule has 0 atom stereocenters. The maximum absolute atomic E-state index is 4.64. The fraction of sp³-hybridized carbons (Fsp3) is 0.571. The number of rotatable bonds is 4. The molecule has 0 bridgehead atoms. The quantitative estimate of drug-likeness (QED) is 0.836. The first-order chi connectivity index (χ1) is 9.45. The molecule has 0 unspecified atom stereocenters. The summed E-state index contributed by atoms with van der Waals surface area (Å²) < 4.78 is 1.04. The number of halogens is 1. The topological polar surface area (TPSA) is 35.5 Å². The van der Waals surface area contributed by atoms with Crippen LogP contribution in [0.3, 0.4) is 0 Å². The van der Waals surface area contributed by atoms with Gasteiger partial charge in [0.15, 0.2) is 0 Å². The van der Waals surface area contributed by atoms with Crippen molar-refractivity contribution in [2.24, 2.45) is 0 Å². The number of piperazine rings is 1. The second-order valence-corrected chi connectivity index (χ2v) is 6.46. The second-order valence-electron chi connectivity index (χ2n) is 5.34. The highest BCUT2D eigenvalue weighted by Crippen LogP contribution is 2.18. The van der Waals surface area contributed by atoms with E-state index in [1.807, 2.05) is 25.9 Å². The van der Waals surface area contributed by atoms with Crippen LogP contribution in [-0.4, -0.2) is 61.7 Å². The number of nitrogens with zero attached hydrogens (tertiary/aromatic N) is 5. The first-order valence-electron chi connectivity index (χ1n) is 6.79. The lowest BCUT2D eigenvalue weighted by molar-refractivity contribution is 0.282. The third kappa shape index (κ3) is 3.93. The van der Waals surface area contributed by atoms with E-state index in [2.05, 4.69) is 48.3 Å². The zero-order valence-corrected chi connectivity index (χ0v) is 14.0. The lowest BCUT2D eigenvalue weighted by atomic mass is 10.3. The summed E-state index contributed by atoms with van der Waals surface area (Å²) in [5.41, 5.74) is 1.01. The average molecular weight is 340 g/mol. The van der Waals surface area contributed by atoms with Gasteiger partial charge < -0.3 is 9.80 Å². The van der Waals surface area contributed by atoms with Crippen LogP contribution in [0, 0.1) is 6.92 Å². The van der Waals surface area contributed by atoms with Gasteiger partial charge in [-0.3, -0.25) is 4.90 Å². The highest BCUT2D eigenvalue weighted by Gasteiger charge is 2.19. The van der Waals surface area contributed by atoms with Gasteiger partial charge >= 0.3 is 0 Å². The van der Waals surface area contributed by atoms with Crippen molar-refractivity contribution in [2.75, 3.05) is 56.6 Å². The van der Waals surface area contributed by atoms with Crippen LogP contribution >= 0.6 is 15.9 Å². The Balaban J connectivity index is 2.05. The van der Waals surface area contributed by atoms with E-state index in [4.69, 9.17) is 0 Å². The van der Waals surface area contributed by atoms with Gasteiger partial charge in [-0.2, -0.15) is 4.98 Å². The van der Waals surface area contributed by atoms with Crippen molar-refractivity contribution < 1.29 is 0 Å². The molecule has 0 aliphatic carbocycles. The van der Waals surface area contributed by atoms with Crippen LogP contribution in [0.4, 0.5) is 11.8 Å². The molecule has 1 aliphatic heterocycles. The molecule has 20 heavy (non-hydrogen) atoms. The van der Waals surface area contributed by atoms with Gasteiger partial charge in [0.1, 0.15) is 5.82 Å². The van der Waals surface area contributed by atoms with Gasteiger partial charge in [0.2, 0.25) is 5.95 Å². The van der Waals surface area contributed by atoms with Crippen LogP contribution in [0.15, 0.2) is 17.1 Å². The Morgan fingerprint density at radius 2 is 1.95 bits per heavy atom. The minimum Gasteiger partial charge on any atom is -0.354 e. The maximum Gasteiger partial charge on any atom is 0.226 e. The van der Waals surface area contributed by atoms with Gasteiger partial charge in [0, 0.05) is 63.1 Å². The van der Waals surface area contributed by atoms with Gasteiger partial charge in [-0.1, -0.05) is 22.5 Å². The van der Waals surface area contributed by atoms with Crippen molar-refractivity contribution >= 4 is 27.7 Å². The van der Waals surface area contributed by atoms with Crippen LogP contribution in [0.25, 0.3) is 0 Å². The summed E-state index contributed by atoms with van der Waals surface area (Å²) in [5.74, 6) is 1.80. The Kier molecular flexibility index (Phi) is 4.99. The average Bonchev–Trinajstić information content (AvgIpc) is 2.38. The van der Waals surface area contributed by atoms with E-state index in [1.54, 1.807) is 0 Å². The zero-order valence-electron chi connectivity index (χ0n) is 12.4. The van der Waals surface area contributed by atoms with Crippen LogP contribution in [0.1, 0.15) is 5.69 Å². The molecule has 2 rings (SSSR count). The van der Waals surface area contributed by atoms with Gasteiger partial charge in [0.05, 0.1) is 0 Å². The monoisotopic (exact) mass is 339 g/mol. The van der Waals surface area contributed by atoms with E-state index < -0.39 is 0 Å². The zero-order chi connectivity index (χ0) is 14.7. The molecular weight excluding hydrogens is 318 g/mol. The molecule has 5 nitrogen and oxygen atoms in total. The molecule has 110 valence electrons. The Morgan fingerprint density at radius 3 is 2.50 bits per heavy atom. The van der Waals surface area contributed by atoms with E-state index in [9.17, 15) is 0 Å². The Bertz CT molecular complexity index is 480.